The first-order chi connectivity index (χ1) is 10.1. The first kappa shape index (κ1) is 16.3. The molecule has 2 N–H and O–H groups in total. The normalized spacial score (nSPS) is 21.2. The van der Waals surface area contributed by atoms with Crippen LogP contribution in [0.3, 0.4) is 0 Å². The third-order valence-electron chi connectivity index (χ3n) is 4.18. The smallest absolute Gasteiger partial charge is 0.125 e. The minimum atomic E-state index is -0.506. The molecule has 1 saturated heterocycles. The van der Waals surface area contributed by atoms with Gasteiger partial charge in [-0.1, -0.05) is 18.2 Å². The molecule has 1 aromatic carbocycles. The Morgan fingerprint density at radius 1 is 1.38 bits per heavy atom. The molecule has 0 saturated carbocycles. The largest absolute Gasteiger partial charge is 0.490 e. The summed E-state index contributed by atoms with van der Waals surface area (Å²) >= 11 is 0. The van der Waals surface area contributed by atoms with Gasteiger partial charge < -0.3 is 19.9 Å². The molecule has 0 radical (unpaired) electrons. The van der Waals surface area contributed by atoms with Gasteiger partial charge >= 0.3 is 0 Å². The Morgan fingerprint density at radius 3 is 2.71 bits per heavy atom. The van der Waals surface area contributed by atoms with Gasteiger partial charge in [0.05, 0.1) is 6.61 Å². The molecular formula is C17H27NO3. The minimum absolute atomic E-state index is 0.312. The Balaban J connectivity index is 1.73. The van der Waals surface area contributed by atoms with Crippen molar-refractivity contribution in [1.29, 1.82) is 0 Å². The molecule has 4 heteroatoms. The van der Waals surface area contributed by atoms with Crippen LogP contribution in [0.4, 0.5) is 0 Å². The maximum absolute atomic E-state index is 10.1. The molecule has 0 amide bonds. The number of nitrogens with one attached hydrogen (secondary N) is 1. The maximum atomic E-state index is 10.1. The molecule has 3 unspecified atom stereocenters. The molecule has 0 bridgehead atoms. The second kappa shape index (κ2) is 7.78. The number of benzene rings is 1. The van der Waals surface area contributed by atoms with E-state index in [1.54, 1.807) is 0 Å². The topological polar surface area (TPSA) is 50.7 Å². The van der Waals surface area contributed by atoms with Crippen LogP contribution in [0.2, 0.25) is 0 Å². The molecule has 1 aliphatic heterocycles. The summed E-state index contributed by atoms with van der Waals surface area (Å²) < 4.78 is 11.2. The van der Waals surface area contributed by atoms with Gasteiger partial charge in [0, 0.05) is 19.2 Å². The van der Waals surface area contributed by atoms with Crippen molar-refractivity contribution >= 4 is 0 Å². The van der Waals surface area contributed by atoms with E-state index in [0.717, 1.165) is 36.5 Å². The van der Waals surface area contributed by atoms with Crippen LogP contribution in [-0.4, -0.2) is 43.6 Å². The number of aliphatic hydroxyl groups excluding tert-OH is 1. The van der Waals surface area contributed by atoms with E-state index in [9.17, 15) is 5.11 Å². The molecule has 0 aromatic heterocycles. The summed E-state index contributed by atoms with van der Waals surface area (Å²) in [6, 6.07) is 6.42. The Bertz CT molecular complexity index is 423. The van der Waals surface area contributed by atoms with E-state index in [1.807, 2.05) is 32.0 Å². The lowest BCUT2D eigenvalue weighted by atomic mass is 10.0. The molecule has 3 atom stereocenters. The fraction of sp³-hybridized carbons (Fsp3) is 0.647. The van der Waals surface area contributed by atoms with Gasteiger partial charge in [-0.3, -0.25) is 0 Å². The van der Waals surface area contributed by atoms with Crippen molar-refractivity contribution in [2.24, 2.45) is 5.92 Å². The standard InChI is InChI=1S/C17H27NO3/c1-12-5-4-6-13(2)17(12)21-11-16(19)9-18-14(3)15-7-8-20-10-15/h4-6,14-16,18-19H,7-11H2,1-3H3. The highest BCUT2D eigenvalue weighted by Gasteiger charge is 2.22. The number of aliphatic hydroxyl groups is 1. The minimum Gasteiger partial charge on any atom is -0.490 e. The summed E-state index contributed by atoms with van der Waals surface area (Å²) in [6.45, 7) is 8.73. The van der Waals surface area contributed by atoms with Crippen molar-refractivity contribution in [2.45, 2.75) is 39.3 Å². The lowest BCUT2D eigenvalue weighted by molar-refractivity contribution is 0.0998. The molecule has 1 aliphatic rings. The van der Waals surface area contributed by atoms with Gasteiger partial charge in [0.1, 0.15) is 18.5 Å². The number of hydrogen-bond donors (Lipinski definition) is 2. The number of hydrogen-bond acceptors (Lipinski definition) is 4. The molecular weight excluding hydrogens is 266 g/mol. The van der Waals surface area contributed by atoms with E-state index in [4.69, 9.17) is 9.47 Å². The highest BCUT2D eigenvalue weighted by Crippen LogP contribution is 2.22. The van der Waals surface area contributed by atoms with Crippen LogP contribution in [0.15, 0.2) is 18.2 Å². The molecule has 2 rings (SSSR count). The van der Waals surface area contributed by atoms with Crippen LogP contribution >= 0.6 is 0 Å². The fourth-order valence-electron chi connectivity index (χ4n) is 2.70. The lowest BCUT2D eigenvalue weighted by Gasteiger charge is -2.22. The molecule has 0 aliphatic carbocycles. The average Bonchev–Trinajstić information content (AvgIpc) is 2.98. The van der Waals surface area contributed by atoms with Crippen LogP contribution in [0, 0.1) is 19.8 Å². The van der Waals surface area contributed by atoms with E-state index in [-0.39, 0.29) is 0 Å². The van der Waals surface area contributed by atoms with Crippen molar-refractivity contribution < 1.29 is 14.6 Å². The van der Waals surface area contributed by atoms with E-state index in [2.05, 4.69) is 12.2 Å². The van der Waals surface area contributed by atoms with Crippen LogP contribution in [0.5, 0.6) is 5.75 Å². The quantitative estimate of drug-likeness (QED) is 0.808. The second-order valence-corrected chi connectivity index (χ2v) is 6.01. The summed E-state index contributed by atoms with van der Waals surface area (Å²) in [6.07, 6.45) is 0.595. The van der Waals surface area contributed by atoms with Gasteiger partial charge in [-0.15, -0.1) is 0 Å². The SMILES string of the molecule is Cc1cccc(C)c1OCC(O)CNC(C)C1CCOC1. The molecule has 1 aromatic rings. The maximum Gasteiger partial charge on any atom is 0.125 e. The summed E-state index contributed by atoms with van der Waals surface area (Å²) in [5, 5.41) is 13.4. The average molecular weight is 293 g/mol. The van der Waals surface area contributed by atoms with Gasteiger partial charge in [-0.25, -0.2) is 0 Å². The summed E-state index contributed by atoms with van der Waals surface area (Å²) in [4.78, 5) is 0. The highest BCUT2D eigenvalue weighted by molar-refractivity contribution is 5.39. The zero-order valence-corrected chi connectivity index (χ0v) is 13.3. The van der Waals surface area contributed by atoms with Crippen LogP contribution in [0.1, 0.15) is 24.5 Å². The molecule has 21 heavy (non-hydrogen) atoms. The molecule has 1 fully saturated rings. The van der Waals surface area contributed by atoms with Crippen LogP contribution in [0.25, 0.3) is 0 Å². The molecule has 1 heterocycles. The summed E-state index contributed by atoms with van der Waals surface area (Å²) in [7, 11) is 0. The van der Waals surface area contributed by atoms with Crippen molar-refractivity contribution in [3.8, 4) is 5.75 Å². The Morgan fingerprint density at radius 2 is 2.10 bits per heavy atom. The Kier molecular flexibility index (Phi) is 6.03. The predicted octanol–water partition coefficient (Wildman–Crippen LogP) is 2.06. The lowest BCUT2D eigenvalue weighted by Crippen LogP contribution is -2.40. The van der Waals surface area contributed by atoms with Gasteiger partial charge in [0.25, 0.3) is 0 Å². The predicted molar refractivity (Wildman–Crippen MR) is 83.8 cm³/mol. The number of ether oxygens (including phenoxy) is 2. The fourth-order valence-corrected chi connectivity index (χ4v) is 2.70. The zero-order valence-electron chi connectivity index (χ0n) is 13.3. The highest BCUT2D eigenvalue weighted by atomic mass is 16.5. The van der Waals surface area contributed by atoms with E-state index >= 15 is 0 Å². The number of rotatable bonds is 7. The number of aryl methyl sites for hydroxylation is 2. The molecule has 118 valence electrons. The van der Waals surface area contributed by atoms with Gasteiger partial charge in [0.2, 0.25) is 0 Å². The first-order valence-corrected chi connectivity index (χ1v) is 7.76. The molecule has 0 spiro atoms. The van der Waals surface area contributed by atoms with Gasteiger partial charge in [-0.05, 0) is 44.2 Å². The summed E-state index contributed by atoms with van der Waals surface area (Å²) in [5.41, 5.74) is 2.21. The third kappa shape index (κ3) is 4.70. The first-order valence-electron chi connectivity index (χ1n) is 7.76. The van der Waals surface area contributed by atoms with Crippen molar-refractivity contribution in [3.05, 3.63) is 29.3 Å². The van der Waals surface area contributed by atoms with Crippen molar-refractivity contribution in [2.75, 3.05) is 26.4 Å². The Hall–Kier alpha value is -1.10. The summed E-state index contributed by atoms with van der Waals surface area (Å²) in [5.74, 6) is 1.44. The van der Waals surface area contributed by atoms with Gasteiger partial charge in [0.15, 0.2) is 0 Å². The van der Waals surface area contributed by atoms with Gasteiger partial charge in [-0.2, -0.15) is 0 Å². The van der Waals surface area contributed by atoms with Crippen LogP contribution in [-0.2, 0) is 4.74 Å². The zero-order chi connectivity index (χ0) is 15.2. The van der Waals surface area contributed by atoms with E-state index in [1.165, 1.54) is 0 Å². The Labute approximate surface area is 127 Å². The number of para-hydroxylation sites is 1. The van der Waals surface area contributed by atoms with E-state index < -0.39 is 6.10 Å². The van der Waals surface area contributed by atoms with Crippen molar-refractivity contribution in [3.63, 3.8) is 0 Å². The second-order valence-electron chi connectivity index (χ2n) is 6.01. The third-order valence-corrected chi connectivity index (χ3v) is 4.18. The molecule has 4 nitrogen and oxygen atoms in total. The van der Waals surface area contributed by atoms with Crippen molar-refractivity contribution in [1.82, 2.24) is 5.32 Å². The van der Waals surface area contributed by atoms with E-state index in [0.29, 0.717) is 25.1 Å². The van der Waals surface area contributed by atoms with Crippen LogP contribution < -0.4 is 10.1 Å². The monoisotopic (exact) mass is 293 g/mol.